The summed E-state index contributed by atoms with van der Waals surface area (Å²) >= 11 is 8.08. The number of anilines is 1. The van der Waals surface area contributed by atoms with E-state index >= 15 is 0 Å². The molecule has 0 aromatic heterocycles. The fraction of sp³-hybridized carbons (Fsp3) is 0.130. The van der Waals surface area contributed by atoms with E-state index in [1.54, 1.807) is 19.4 Å². The van der Waals surface area contributed by atoms with Gasteiger partial charge in [0.1, 0.15) is 6.61 Å². The van der Waals surface area contributed by atoms with Crippen LogP contribution >= 0.6 is 34.2 Å². The van der Waals surface area contributed by atoms with E-state index in [1.807, 2.05) is 43.3 Å². The van der Waals surface area contributed by atoms with Gasteiger partial charge in [0.05, 0.1) is 33.2 Å². The number of ether oxygens (including phenoxy) is 2. The van der Waals surface area contributed by atoms with Gasteiger partial charge in [-0.15, -0.1) is 0 Å². The van der Waals surface area contributed by atoms with Gasteiger partial charge in [0.2, 0.25) is 0 Å². The van der Waals surface area contributed by atoms with E-state index in [-0.39, 0.29) is 10.6 Å². The third-order valence-corrected chi connectivity index (χ3v) is 5.49. The van der Waals surface area contributed by atoms with Crippen LogP contribution in [0.25, 0.3) is 0 Å². The Kier molecular flexibility index (Phi) is 7.75. The second kappa shape index (κ2) is 10.5. The van der Waals surface area contributed by atoms with Gasteiger partial charge >= 0.3 is 5.97 Å². The number of benzene rings is 3. The number of nitrogens with one attached hydrogen (secondary N) is 1. The molecule has 6 nitrogen and oxygen atoms in total. The first-order valence-electron chi connectivity index (χ1n) is 9.25. The van der Waals surface area contributed by atoms with Gasteiger partial charge in [-0.3, -0.25) is 5.43 Å². The SMILES string of the molecule is COc1cc(/C=N/Nc2ccc(Cl)c(C(=O)O)c2)cc(I)c1OCc1ccc(C)cc1. The monoisotopic (exact) mass is 550 g/mol. The molecule has 0 heterocycles. The Morgan fingerprint density at radius 1 is 1.19 bits per heavy atom. The zero-order chi connectivity index (χ0) is 22.4. The van der Waals surface area contributed by atoms with Crippen LogP contribution in [0, 0.1) is 10.5 Å². The molecule has 160 valence electrons. The topological polar surface area (TPSA) is 80.2 Å². The van der Waals surface area contributed by atoms with Crippen molar-refractivity contribution >= 4 is 52.1 Å². The minimum absolute atomic E-state index is 0.00756. The molecule has 0 unspecified atom stereocenters. The first-order valence-corrected chi connectivity index (χ1v) is 10.7. The van der Waals surface area contributed by atoms with Gasteiger partial charge in [0.15, 0.2) is 11.5 Å². The van der Waals surface area contributed by atoms with Gasteiger partial charge < -0.3 is 14.6 Å². The summed E-state index contributed by atoms with van der Waals surface area (Å²) in [7, 11) is 1.59. The molecule has 0 saturated carbocycles. The Labute approximate surface area is 199 Å². The number of nitrogens with zero attached hydrogens (tertiary/aromatic N) is 1. The molecule has 31 heavy (non-hydrogen) atoms. The van der Waals surface area contributed by atoms with Crippen molar-refractivity contribution < 1.29 is 19.4 Å². The number of hydrazone groups is 1. The van der Waals surface area contributed by atoms with Crippen molar-refractivity contribution in [2.45, 2.75) is 13.5 Å². The molecule has 0 spiro atoms. The molecular formula is C23H20ClIN2O4. The molecule has 0 amide bonds. The predicted molar refractivity (Wildman–Crippen MR) is 131 cm³/mol. The van der Waals surface area contributed by atoms with Crippen LogP contribution in [-0.2, 0) is 6.61 Å². The lowest BCUT2D eigenvalue weighted by atomic mass is 10.2. The van der Waals surface area contributed by atoms with Crippen molar-refractivity contribution in [2.24, 2.45) is 5.10 Å². The lowest BCUT2D eigenvalue weighted by molar-refractivity contribution is 0.0697. The molecule has 0 aliphatic heterocycles. The Morgan fingerprint density at radius 3 is 2.61 bits per heavy atom. The number of carboxylic acid groups (broad SMARTS) is 1. The molecule has 2 N–H and O–H groups in total. The summed E-state index contributed by atoms with van der Waals surface area (Å²) in [6, 6.07) is 16.5. The Morgan fingerprint density at radius 2 is 1.94 bits per heavy atom. The van der Waals surface area contributed by atoms with E-state index in [0.717, 1.165) is 14.7 Å². The first kappa shape index (κ1) is 22.9. The molecular weight excluding hydrogens is 531 g/mol. The summed E-state index contributed by atoms with van der Waals surface area (Å²) in [5.41, 5.74) is 6.40. The van der Waals surface area contributed by atoms with Gasteiger partial charge in [-0.2, -0.15) is 5.10 Å². The second-order valence-corrected chi connectivity index (χ2v) is 8.25. The molecule has 0 atom stereocenters. The molecule has 0 aliphatic carbocycles. The number of aromatic carboxylic acids is 1. The molecule has 0 fully saturated rings. The molecule has 3 aromatic carbocycles. The number of hydrogen-bond donors (Lipinski definition) is 2. The number of methoxy groups -OCH3 is 1. The number of carboxylic acids is 1. The maximum atomic E-state index is 11.2. The second-order valence-electron chi connectivity index (χ2n) is 6.68. The molecule has 0 radical (unpaired) electrons. The summed E-state index contributed by atoms with van der Waals surface area (Å²) < 4.78 is 12.4. The van der Waals surface area contributed by atoms with Crippen LogP contribution in [0.1, 0.15) is 27.0 Å². The van der Waals surface area contributed by atoms with Crippen molar-refractivity contribution in [2.75, 3.05) is 12.5 Å². The van der Waals surface area contributed by atoms with E-state index in [2.05, 4.69) is 33.1 Å². The van der Waals surface area contributed by atoms with Crippen LogP contribution in [0.2, 0.25) is 5.02 Å². The van der Waals surface area contributed by atoms with Crippen molar-refractivity contribution in [3.63, 3.8) is 0 Å². The van der Waals surface area contributed by atoms with Gasteiger partial charge in [0.25, 0.3) is 0 Å². The van der Waals surface area contributed by atoms with Gasteiger partial charge in [-0.25, -0.2) is 4.79 Å². The molecule has 0 saturated heterocycles. The maximum Gasteiger partial charge on any atom is 0.337 e. The zero-order valence-corrected chi connectivity index (χ0v) is 19.8. The summed E-state index contributed by atoms with van der Waals surface area (Å²) in [6.45, 7) is 2.48. The average Bonchev–Trinajstić information content (AvgIpc) is 2.74. The number of hydrogen-bond acceptors (Lipinski definition) is 5. The number of carbonyl (C=O) groups is 1. The zero-order valence-electron chi connectivity index (χ0n) is 16.9. The number of halogens is 2. The summed E-state index contributed by atoms with van der Waals surface area (Å²) in [6.07, 6.45) is 1.61. The van der Waals surface area contributed by atoms with Crippen molar-refractivity contribution in [1.82, 2.24) is 0 Å². The van der Waals surface area contributed by atoms with Crippen LogP contribution < -0.4 is 14.9 Å². The third-order valence-electron chi connectivity index (χ3n) is 4.36. The largest absolute Gasteiger partial charge is 0.493 e. The Bertz CT molecular complexity index is 1120. The third kappa shape index (κ3) is 6.11. The van der Waals surface area contributed by atoms with E-state index in [4.69, 9.17) is 26.2 Å². The summed E-state index contributed by atoms with van der Waals surface area (Å²) in [4.78, 5) is 11.2. The quantitative estimate of drug-likeness (QED) is 0.205. The molecule has 3 aromatic rings. The summed E-state index contributed by atoms with van der Waals surface area (Å²) in [5.74, 6) is 0.163. The van der Waals surface area contributed by atoms with Crippen LogP contribution in [-0.4, -0.2) is 24.4 Å². The Balaban J connectivity index is 1.72. The van der Waals surface area contributed by atoms with Crippen molar-refractivity contribution in [1.29, 1.82) is 0 Å². The van der Waals surface area contributed by atoms with Crippen LogP contribution in [0.5, 0.6) is 11.5 Å². The van der Waals surface area contributed by atoms with E-state index in [0.29, 0.717) is 23.8 Å². The fourth-order valence-electron chi connectivity index (χ4n) is 2.73. The highest BCUT2D eigenvalue weighted by atomic mass is 127. The highest BCUT2D eigenvalue weighted by Gasteiger charge is 2.12. The highest BCUT2D eigenvalue weighted by molar-refractivity contribution is 14.1. The summed E-state index contributed by atoms with van der Waals surface area (Å²) in [5, 5.41) is 13.5. The van der Waals surface area contributed by atoms with Crippen molar-refractivity contribution in [3.05, 3.63) is 85.4 Å². The van der Waals surface area contributed by atoms with E-state index in [1.165, 1.54) is 17.7 Å². The van der Waals surface area contributed by atoms with E-state index < -0.39 is 5.97 Å². The minimum Gasteiger partial charge on any atom is -0.493 e. The normalized spacial score (nSPS) is 10.8. The first-order chi connectivity index (χ1) is 14.9. The Hall–Kier alpha value is -2.78. The molecule has 0 bridgehead atoms. The van der Waals surface area contributed by atoms with Crippen molar-refractivity contribution in [3.8, 4) is 11.5 Å². The maximum absolute atomic E-state index is 11.2. The molecule has 0 aliphatic rings. The molecule has 8 heteroatoms. The van der Waals surface area contributed by atoms with Crippen LogP contribution in [0.15, 0.2) is 59.7 Å². The molecule has 3 rings (SSSR count). The van der Waals surface area contributed by atoms with Gasteiger partial charge in [0, 0.05) is 0 Å². The minimum atomic E-state index is -1.10. The standard InChI is InChI=1S/C23H20ClIN2O4/c1-14-3-5-15(6-4-14)13-31-22-20(25)9-16(10-21(22)30-2)12-26-27-17-7-8-19(24)18(11-17)23(28)29/h3-12,27H,13H2,1-2H3,(H,28,29)/b26-12+. The smallest absolute Gasteiger partial charge is 0.337 e. The lowest BCUT2D eigenvalue weighted by Crippen LogP contribution is -2.01. The van der Waals surface area contributed by atoms with Crippen LogP contribution in [0.3, 0.4) is 0 Å². The predicted octanol–water partition coefficient (Wildman–Crippen LogP) is 5.98. The fourth-order valence-corrected chi connectivity index (χ4v) is 3.71. The van der Waals surface area contributed by atoms with E-state index in [9.17, 15) is 4.79 Å². The lowest BCUT2D eigenvalue weighted by Gasteiger charge is -2.13. The number of aryl methyl sites for hydroxylation is 1. The number of rotatable bonds is 8. The van der Waals surface area contributed by atoms with Gasteiger partial charge in [-0.05, 0) is 71.0 Å². The van der Waals surface area contributed by atoms with Crippen LogP contribution in [0.4, 0.5) is 5.69 Å². The average molecular weight is 551 g/mol. The van der Waals surface area contributed by atoms with Gasteiger partial charge in [-0.1, -0.05) is 41.4 Å². The highest BCUT2D eigenvalue weighted by Crippen LogP contribution is 2.34.